The minimum absolute atomic E-state index is 0.0852. The molecule has 0 amide bonds. The van der Waals surface area contributed by atoms with E-state index in [-0.39, 0.29) is 12.2 Å². The Morgan fingerprint density at radius 1 is 1.26 bits per heavy atom. The molecule has 0 bridgehead atoms. The van der Waals surface area contributed by atoms with Crippen LogP contribution in [0, 0.1) is 6.92 Å². The molecule has 1 N–H and O–H groups in total. The minimum Gasteiger partial charge on any atom is -0.483 e. The lowest BCUT2D eigenvalue weighted by Gasteiger charge is -2.33. The molecule has 1 unspecified atom stereocenters. The van der Waals surface area contributed by atoms with Crippen molar-refractivity contribution >= 4 is 11.6 Å². The van der Waals surface area contributed by atoms with Crippen LogP contribution >= 0.6 is 11.6 Å². The fraction of sp³-hybridized carbons (Fsp3) is 0.263. The summed E-state index contributed by atoms with van der Waals surface area (Å²) in [5, 5.41) is 3.98. The van der Waals surface area contributed by atoms with Gasteiger partial charge >= 0.3 is 0 Å². The van der Waals surface area contributed by atoms with Crippen LogP contribution in [-0.4, -0.2) is 19.3 Å². The first-order valence-corrected chi connectivity index (χ1v) is 8.02. The highest BCUT2D eigenvalue weighted by atomic mass is 35.5. The van der Waals surface area contributed by atoms with Crippen molar-refractivity contribution in [3.63, 3.8) is 0 Å². The second-order valence-corrected chi connectivity index (χ2v) is 6.13. The molecule has 0 aliphatic carbocycles. The fourth-order valence-corrected chi connectivity index (χ4v) is 2.87. The Kier molecular flexibility index (Phi) is 4.89. The Morgan fingerprint density at radius 2 is 2.04 bits per heavy atom. The van der Waals surface area contributed by atoms with E-state index in [1.807, 2.05) is 43.3 Å². The molecule has 120 valence electrons. The fourth-order valence-electron chi connectivity index (χ4n) is 2.64. The van der Waals surface area contributed by atoms with Gasteiger partial charge in [-0.25, -0.2) is 0 Å². The first kappa shape index (κ1) is 15.9. The molecule has 2 aromatic carbocycles. The van der Waals surface area contributed by atoms with Gasteiger partial charge in [-0.05, 0) is 36.2 Å². The molecular formula is C19H20ClNO2. The minimum atomic E-state index is -0.198. The largest absolute Gasteiger partial charge is 0.483 e. The van der Waals surface area contributed by atoms with Gasteiger partial charge in [0, 0.05) is 17.3 Å². The van der Waals surface area contributed by atoms with Crippen LogP contribution in [0.1, 0.15) is 17.2 Å². The van der Waals surface area contributed by atoms with Crippen LogP contribution in [0.15, 0.2) is 60.8 Å². The van der Waals surface area contributed by atoms with Crippen molar-refractivity contribution in [2.75, 3.05) is 13.2 Å². The smallest absolute Gasteiger partial charge is 0.152 e. The van der Waals surface area contributed by atoms with E-state index in [1.54, 1.807) is 0 Å². The maximum atomic E-state index is 6.31. The lowest BCUT2D eigenvalue weighted by Crippen LogP contribution is -2.42. The van der Waals surface area contributed by atoms with E-state index in [2.05, 4.69) is 24.0 Å². The molecule has 23 heavy (non-hydrogen) atoms. The van der Waals surface area contributed by atoms with Crippen LogP contribution in [0.5, 0.6) is 5.75 Å². The maximum Gasteiger partial charge on any atom is 0.152 e. The van der Waals surface area contributed by atoms with Crippen molar-refractivity contribution in [1.82, 2.24) is 5.32 Å². The Hall–Kier alpha value is -1.97. The molecule has 1 fully saturated rings. The molecule has 4 heteroatoms. The van der Waals surface area contributed by atoms with E-state index in [4.69, 9.17) is 21.1 Å². The molecule has 0 saturated carbocycles. The predicted octanol–water partition coefficient (Wildman–Crippen LogP) is 4.27. The standard InChI is InChI=1S/C19H20ClNO2/c1-13-10-16(20)8-9-17(13)23-19(15-6-4-3-5-7-15)18-11-21-14(2)12-22-18/h3-10,18-19,21H,2,11-12H2,1H3/t18-,19?/m0/s1. The van der Waals surface area contributed by atoms with Gasteiger partial charge in [-0.2, -0.15) is 0 Å². The summed E-state index contributed by atoms with van der Waals surface area (Å²) >= 11 is 6.04. The van der Waals surface area contributed by atoms with Crippen LogP contribution in [0.3, 0.4) is 0 Å². The van der Waals surface area contributed by atoms with Crippen molar-refractivity contribution in [2.24, 2.45) is 0 Å². The monoisotopic (exact) mass is 329 g/mol. The molecule has 1 saturated heterocycles. The van der Waals surface area contributed by atoms with Crippen molar-refractivity contribution in [3.05, 3.63) is 77.0 Å². The van der Waals surface area contributed by atoms with Crippen LogP contribution in [0.25, 0.3) is 0 Å². The quantitative estimate of drug-likeness (QED) is 0.908. The summed E-state index contributed by atoms with van der Waals surface area (Å²) in [6, 6.07) is 15.8. The average molecular weight is 330 g/mol. The van der Waals surface area contributed by atoms with Gasteiger partial charge < -0.3 is 14.8 Å². The van der Waals surface area contributed by atoms with Crippen molar-refractivity contribution in [2.45, 2.75) is 19.1 Å². The first-order chi connectivity index (χ1) is 11.1. The van der Waals surface area contributed by atoms with Gasteiger partial charge in [-0.3, -0.25) is 0 Å². The molecule has 2 aromatic rings. The van der Waals surface area contributed by atoms with E-state index < -0.39 is 0 Å². The third kappa shape index (κ3) is 3.87. The topological polar surface area (TPSA) is 30.5 Å². The Bertz CT molecular complexity index is 677. The van der Waals surface area contributed by atoms with E-state index in [1.165, 1.54) is 0 Å². The Morgan fingerprint density at radius 3 is 2.70 bits per heavy atom. The molecular weight excluding hydrogens is 310 g/mol. The number of hydrogen-bond donors (Lipinski definition) is 1. The summed E-state index contributed by atoms with van der Waals surface area (Å²) < 4.78 is 12.2. The normalized spacial score (nSPS) is 19.0. The summed E-state index contributed by atoms with van der Waals surface area (Å²) in [5.74, 6) is 0.816. The highest BCUT2D eigenvalue weighted by molar-refractivity contribution is 6.30. The van der Waals surface area contributed by atoms with E-state index >= 15 is 0 Å². The summed E-state index contributed by atoms with van der Waals surface area (Å²) in [5.41, 5.74) is 2.99. The maximum absolute atomic E-state index is 6.31. The van der Waals surface area contributed by atoms with Gasteiger partial charge in [0.25, 0.3) is 0 Å². The zero-order chi connectivity index (χ0) is 16.2. The number of aryl methyl sites for hydroxylation is 1. The molecule has 0 radical (unpaired) electrons. The lowest BCUT2D eigenvalue weighted by atomic mass is 10.0. The summed E-state index contributed by atoms with van der Waals surface area (Å²) in [6.45, 7) is 7.06. The van der Waals surface area contributed by atoms with Gasteiger partial charge in [-0.1, -0.05) is 48.5 Å². The number of nitrogens with one attached hydrogen (secondary N) is 1. The van der Waals surface area contributed by atoms with Gasteiger partial charge in [0.15, 0.2) is 6.10 Å². The van der Waals surface area contributed by atoms with Crippen LogP contribution in [0.4, 0.5) is 0 Å². The predicted molar refractivity (Wildman–Crippen MR) is 92.9 cm³/mol. The number of ether oxygens (including phenoxy) is 2. The van der Waals surface area contributed by atoms with Crippen molar-refractivity contribution < 1.29 is 9.47 Å². The molecule has 0 aromatic heterocycles. The van der Waals surface area contributed by atoms with Crippen molar-refractivity contribution in [3.8, 4) is 5.75 Å². The second-order valence-electron chi connectivity index (χ2n) is 5.69. The lowest BCUT2D eigenvalue weighted by molar-refractivity contribution is -0.0315. The van der Waals surface area contributed by atoms with Gasteiger partial charge in [0.05, 0.1) is 6.61 Å². The molecule has 1 heterocycles. The Labute approximate surface area is 141 Å². The molecule has 2 atom stereocenters. The zero-order valence-electron chi connectivity index (χ0n) is 13.1. The average Bonchev–Trinajstić information content (AvgIpc) is 2.56. The highest BCUT2D eigenvalue weighted by Gasteiger charge is 2.29. The number of halogens is 1. The molecule has 1 aliphatic heterocycles. The number of hydrogen-bond acceptors (Lipinski definition) is 3. The highest BCUT2D eigenvalue weighted by Crippen LogP contribution is 2.31. The van der Waals surface area contributed by atoms with E-state index in [0.717, 1.165) is 22.6 Å². The first-order valence-electron chi connectivity index (χ1n) is 7.64. The summed E-state index contributed by atoms with van der Waals surface area (Å²) in [6.07, 6.45) is -0.283. The van der Waals surface area contributed by atoms with Crippen LogP contribution in [0.2, 0.25) is 5.02 Å². The molecule has 3 rings (SSSR count). The number of rotatable bonds is 4. The number of morpholine rings is 1. The second kappa shape index (κ2) is 7.07. The van der Waals surface area contributed by atoms with Gasteiger partial charge in [-0.15, -0.1) is 0 Å². The molecule has 3 nitrogen and oxygen atoms in total. The zero-order valence-corrected chi connectivity index (χ0v) is 13.8. The van der Waals surface area contributed by atoms with Crippen LogP contribution in [-0.2, 0) is 4.74 Å². The van der Waals surface area contributed by atoms with Gasteiger partial charge in [0.2, 0.25) is 0 Å². The Balaban J connectivity index is 1.87. The summed E-state index contributed by atoms with van der Waals surface area (Å²) in [7, 11) is 0. The van der Waals surface area contributed by atoms with Gasteiger partial charge in [0.1, 0.15) is 11.9 Å². The molecule has 1 aliphatic rings. The third-order valence-corrected chi connectivity index (χ3v) is 4.12. The van der Waals surface area contributed by atoms with Crippen molar-refractivity contribution in [1.29, 1.82) is 0 Å². The van der Waals surface area contributed by atoms with E-state index in [9.17, 15) is 0 Å². The molecule has 0 spiro atoms. The number of benzene rings is 2. The van der Waals surface area contributed by atoms with E-state index in [0.29, 0.717) is 18.2 Å². The SMILES string of the molecule is C=C1CO[C@H](C(Oc2ccc(Cl)cc2C)c2ccccc2)CN1. The van der Waals surface area contributed by atoms with Crippen LogP contribution < -0.4 is 10.1 Å². The third-order valence-electron chi connectivity index (χ3n) is 3.88. The summed E-state index contributed by atoms with van der Waals surface area (Å²) in [4.78, 5) is 0.